The molecule has 0 aliphatic rings. The van der Waals surface area contributed by atoms with E-state index in [9.17, 15) is 4.79 Å². The molecule has 5 heteroatoms. The van der Waals surface area contributed by atoms with Crippen LogP contribution in [0.1, 0.15) is 33.1 Å². The Kier molecular flexibility index (Phi) is 5.73. The summed E-state index contributed by atoms with van der Waals surface area (Å²) >= 11 is 6.04. The minimum absolute atomic E-state index is 0.126. The maximum absolute atomic E-state index is 12.9. The Morgan fingerprint density at radius 3 is 2.24 bits per heavy atom. The number of nitrogens with one attached hydrogen (secondary N) is 1. The number of benzene rings is 3. The summed E-state index contributed by atoms with van der Waals surface area (Å²) in [6.07, 6.45) is 3.67. The van der Waals surface area contributed by atoms with E-state index in [-0.39, 0.29) is 11.9 Å². The lowest BCUT2D eigenvalue weighted by Gasteiger charge is -2.20. The molecule has 4 rings (SSSR count). The van der Waals surface area contributed by atoms with Crippen LogP contribution in [0.15, 0.2) is 97.3 Å². The van der Waals surface area contributed by atoms with E-state index in [0.717, 1.165) is 16.7 Å². The quantitative estimate of drug-likeness (QED) is 0.488. The molecule has 1 N–H and O–H groups in total. The molecule has 4 nitrogen and oxygen atoms in total. The predicted molar refractivity (Wildman–Crippen MR) is 115 cm³/mol. The molecule has 0 fully saturated rings. The predicted octanol–water partition coefficient (Wildman–Crippen LogP) is 5.10. The van der Waals surface area contributed by atoms with E-state index in [0.29, 0.717) is 17.1 Å². The third kappa shape index (κ3) is 4.73. The van der Waals surface area contributed by atoms with Crippen molar-refractivity contribution in [3.63, 3.8) is 0 Å². The summed E-state index contributed by atoms with van der Waals surface area (Å²) in [4.78, 5) is 12.9. The maximum Gasteiger partial charge on any atom is 0.252 e. The highest BCUT2D eigenvalue weighted by Crippen LogP contribution is 2.24. The third-order valence-electron chi connectivity index (χ3n) is 4.73. The van der Waals surface area contributed by atoms with Crippen molar-refractivity contribution in [2.45, 2.75) is 12.6 Å². The number of hydrogen-bond donors (Lipinski definition) is 1. The third-order valence-corrected chi connectivity index (χ3v) is 4.98. The van der Waals surface area contributed by atoms with Gasteiger partial charge in [-0.3, -0.25) is 9.48 Å². The van der Waals surface area contributed by atoms with Crippen LogP contribution >= 0.6 is 11.6 Å². The highest BCUT2D eigenvalue weighted by molar-refractivity contribution is 6.30. The van der Waals surface area contributed by atoms with E-state index >= 15 is 0 Å². The summed E-state index contributed by atoms with van der Waals surface area (Å²) in [7, 11) is 0. The van der Waals surface area contributed by atoms with Crippen LogP contribution < -0.4 is 5.32 Å². The lowest BCUT2D eigenvalue weighted by atomic mass is 9.98. The van der Waals surface area contributed by atoms with Crippen LogP contribution in [0.25, 0.3) is 0 Å². The van der Waals surface area contributed by atoms with Gasteiger partial charge in [-0.25, -0.2) is 0 Å². The van der Waals surface area contributed by atoms with Gasteiger partial charge in [0.1, 0.15) is 0 Å². The zero-order valence-electron chi connectivity index (χ0n) is 15.7. The standard InChI is InChI=1S/C24H20ClN3O/c25-22-13-11-20(12-14-22)23(19-5-2-1-3-6-19)27-24(29)21-9-7-18(8-10-21)17-28-16-4-15-26-28/h1-16,23H,17H2,(H,27,29). The molecule has 0 spiro atoms. The SMILES string of the molecule is O=C(NC(c1ccccc1)c1ccc(Cl)cc1)c1ccc(Cn2cccn2)cc1. The van der Waals surface area contributed by atoms with Crippen LogP contribution in [0, 0.1) is 0 Å². The molecule has 29 heavy (non-hydrogen) atoms. The number of carbonyl (C=O) groups excluding carboxylic acids is 1. The monoisotopic (exact) mass is 401 g/mol. The minimum atomic E-state index is -0.260. The topological polar surface area (TPSA) is 46.9 Å². The molecule has 1 unspecified atom stereocenters. The second-order valence-electron chi connectivity index (χ2n) is 6.77. The Hall–Kier alpha value is -3.37. The molecule has 0 saturated carbocycles. The van der Waals surface area contributed by atoms with Crippen molar-refractivity contribution in [3.05, 3.63) is 125 Å². The van der Waals surface area contributed by atoms with E-state index in [1.807, 2.05) is 95.8 Å². The first-order chi connectivity index (χ1) is 14.2. The summed E-state index contributed by atoms with van der Waals surface area (Å²) in [6.45, 7) is 0.673. The molecule has 1 amide bonds. The first-order valence-corrected chi connectivity index (χ1v) is 9.74. The average Bonchev–Trinajstić information content (AvgIpc) is 3.27. The lowest BCUT2D eigenvalue weighted by molar-refractivity contribution is 0.0943. The van der Waals surface area contributed by atoms with Gasteiger partial charge in [0.05, 0.1) is 12.6 Å². The van der Waals surface area contributed by atoms with Gasteiger partial charge >= 0.3 is 0 Å². The highest BCUT2D eigenvalue weighted by atomic mass is 35.5. The minimum Gasteiger partial charge on any atom is -0.341 e. The van der Waals surface area contributed by atoms with Crippen LogP contribution in [-0.2, 0) is 6.54 Å². The number of amides is 1. The van der Waals surface area contributed by atoms with Crippen LogP contribution in [0.3, 0.4) is 0 Å². The first kappa shape index (κ1) is 19.0. The summed E-state index contributed by atoms with van der Waals surface area (Å²) in [5.74, 6) is -0.126. The largest absolute Gasteiger partial charge is 0.341 e. The van der Waals surface area contributed by atoms with Gasteiger partial charge in [0, 0.05) is 23.0 Å². The Labute approximate surface area is 174 Å². The Bertz CT molecular complexity index is 1060. The van der Waals surface area contributed by atoms with Gasteiger partial charge in [-0.1, -0.05) is 66.2 Å². The summed E-state index contributed by atoms with van der Waals surface area (Å²) in [5.41, 5.74) is 3.69. The molecule has 0 saturated heterocycles. The van der Waals surface area contributed by atoms with E-state index in [1.54, 1.807) is 6.20 Å². The van der Waals surface area contributed by atoms with Crippen LogP contribution in [0.2, 0.25) is 5.02 Å². The van der Waals surface area contributed by atoms with Gasteiger partial charge in [-0.05, 0) is 47.0 Å². The van der Waals surface area contributed by atoms with Gasteiger partial charge in [0.2, 0.25) is 0 Å². The van der Waals surface area contributed by atoms with Gasteiger partial charge < -0.3 is 5.32 Å². The lowest BCUT2D eigenvalue weighted by Crippen LogP contribution is -2.29. The van der Waals surface area contributed by atoms with Crippen molar-refractivity contribution in [1.82, 2.24) is 15.1 Å². The zero-order chi connectivity index (χ0) is 20.1. The summed E-state index contributed by atoms with van der Waals surface area (Å²) in [6, 6.07) is 26.7. The second-order valence-corrected chi connectivity index (χ2v) is 7.21. The number of halogens is 1. The first-order valence-electron chi connectivity index (χ1n) is 9.37. The van der Waals surface area contributed by atoms with E-state index < -0.39 is 0 Å². The molecule has 0 aliphatic heterocycles. The number of nitrogens with zero attached hydrogens (tertiary/aromatic N) is 2. The van der Waals surface area contributed by atoms with Crippen molar-refractivity contribution in [1.29, 1.82) is 0 Å². The van der Waals surface area contributed by atoms with Crippen LogP contribution in [0.5, 0.6) is 0 Å². The van der Waals surface area contributed by atoms with Crippen LogP contribution in [0.4, 0.5) is 0 Å². The Morgan fingerprint density at radius 2 is 1.59 bits per heavy atom. The molecule has 0 bridgehead atoms. The highest BCUT2D eigenvalue weighted by Gasteiger charge is 2.17. The molecule has 1 atom stereocenters. The summed E-state index contributed by atoms with van der Waals surface area (Å²) in [5, 5.41) is 8.03. The average molecular weight is 402 g/mol. The van der Waals surface area contributed by atoms with E-state index in [1.165, 1.54) is 0 Å². The number of carbonyl (C=O) groups is 1. The molecule has 4 aromatic rings. The number of aromatic nitrogens is 2. The second kappa shape index (κ2) is 8.76. The van der Waals surface area contributed by atoms with Crippen molar-refractivity contribution < 1.29 is 4.79 Å². The molecule has 0 aliphatic carbocycles. The van der Waals surface area contributed by atoms with E-state index in [4.69, 9.17) is 11.6 Å². The molecular weight excluding hydrogens is 382 g/mol. The number of hydrogen-bond acceptors (Lipinski definition) is 2. The number of rotatable bonds is 6. The fourth-order valence-electron chi connectivity index (χ4n) is 3.22. The van der Waals surface area contributed by atoms with E-state index in [2.05, 4.69) is 10.4 Å². The molecule has 1 heterocycles. The van der Waals surface area contributed by atoms with Crippen molar-refractivity contribution >= 4 is 17.5 Å². The van der Waals surface area contributed by atoms with Gasteiger partial charge in [0.15, 0.2) is 0 Å². The van der Waals surface area contributed by atoms with Gasteiger partial charge in [-0.2, -0.15) is 5.10 Å². The molecule has 3 aromatic carbocycles. The zero-order valence-corrected chi connectivity index (χ0v) is 16.5. The smallest absolute Gasteiger partial charge is 0.252 e. The molecular formula is C24H20ClN3O. The normalized spacial score (nSPS) is 11.8. The van der Waals surface area contributed by atoms with Gasteiger partial charge in [-0.15, -0.1) is 0 Å². The summed E-state index contributed by atoms with van der Waals surface area (Å²) < 4.78 is 1.85. The Balaban J connectivity index is 1.54. The van der Waals surface area contributed by atoms with Crippen molar-refractivity contribution in [2.24, 2.45) is 0 Å². The molecule has 1 aromatic heterocycles. The van der Waals surface area contributed by atoms with Crippen molar-refractivity contribution in [2.75, 3.05) is 0 Å². The van der Waals surface area contributed by atoms with Crippen molar-refractivity contribution in [3.8, 4) is 0 Å². The molecule has 144 valence electrons. The molecule has 0 radical (unpaired) electrons. The fourth-order valence-corrected chi connectivity index (χ4v) is 3.34. The Morgan fingerprint density at radius 1 is 0.897 bits per heavy atom. The van der Waals surface area contributed by atoms with Crippen LogP contribution in [-0.4, -0.2) is 15.7 Å². The fraction of sp³-hybridized carbons (Fsp3) is 0.0833. The van der Waals surface area contributed by atoms with Gasteiger partial charge in [0.25, 0.3) is 5.91 Å². The maximum atomic E-state index is 12.9.